The SMILES string of the molecule is O=[N+]([O-])c1ccc(-c2nnc(-c3ccoc3)o2)cc1. The van der Waals surface area contributed by atoms with Gasteiger partial charge in [0.25, 0.3) is 11.6 Å². The largest absolute Gasteiger partial charge is 0.472 e. The molecule has 3 aromatic rings. The third kappa shape index (κ3) is 2.08. The van der Waals surface area contributed by atoms with Crippen LogP contribution in [0.3, 0.4) is 0 Å². The van der Waals surface area contributed by atoms with Crippen molar-refractivity contribution in [3.8, 4) is 22.9 Å². The minimum absolute atomic E-state index is 0.0123. The Kier molecular flexibility index (Phi) is 2.57. The van der Waals surface area contributed by atoms with Crippen LogP contribution >= 0.6 is 0 Å². The Morgan fingerprint density at radius 2 is 1.68 bits per heavy atom. The predicted molar refractivity (Wildman–Crippen MR) is 64.1 cm³/mol. The first-order chi connectivity index (χ1) is 9.24. The highest BCUT2D eigenvalue weighted by molar-refractivity contribution is 5.58. The van der Waals surface area contributed by atoms with E-state index >= 15 is 0 Å². The summed E-state index contributed by atoms with van der Waals surface area (Å²) >= 11 is 0. The van der Waals surface area contributed by atoms with Crippen molar-refractivity contribution in [1.29, 1.82) is 0 Å². The van der Waals surface area contributed by atoms with Gasteiger partial charge >= 0.3 is 0 Å². The lowest BCUT2D eigenvalue weighted by atomic mass is 10.2. The molecule has 0 saturated carbocycles. The van der Waals surface area contributed by atoms with E-state index in [0.717, 1.165) is 0 Å². The molecule has 2 heterocycles. The zero-order chi connectivity index (χ0) is 13.2. The fraction of sp³-hybridized carbons (Fsp3) is 0. The van der Waals surface area contributed by atoms with Crippen LogP contribution in [-0.4, -0.2) is 15.1 Å². The van der Waals surface area contributed by atoms with Gasteiger partial charge in [-0.1, -0.05) is 0 Å². The summed E-state index contributed by atoms with van der Waals surface area (Å²) in [6.07, 6.45) is 3.00. The second-order valence-electron chi connectivity index (χ2n) is 3.73. The second-order valence-corrected chi connectivity index (χ2v) is 3.73. The van der Waals surface area contributed by atoms with Gasteiger partial charge in [0.1, 0.15) is 6.26 Å². The molecule has 0 aliphatic rings. The molecule has 2 aromatic heterocycles. The molecule has 0 saturated heterocycles. The Morgan fingerprint density at radius 1 is 1.00 bits per heavy atom. The maximum absolute atomic E-state index is 10.6. The smallest absolute Gasteiger partial charge is 0.269 e. The number of benzene rings is 1. The number of non-ortho nitro benzene ring substituents is 1. The van der Waals surface area contributed by atoms with Crippen LogP contribution in [0.2, 0.25) is 0 Å². The third-order valence-corrected chi connectivity index (χ3v) is 2.52. The molecule has 0 aliphatic carbocycles. The average molecular weight is 257 g/mol. The van der Waals surface area contributed by atoms with Gasteiger partial charge < -0.3 is 8.83 Å². The lowest BCUT2D eigenvalue weighted by Crippen LogP contribution is -1.87. The van der Waals surface area contributed by atoms with Gasteiger partial charge in [-0.05, 0) is 18.2 Å². The van der Waals surface area contributed by atoms with Crippen molar-refractivity contribution in [3.05, 3.63) is 53.0 Å². The Hall–Kier alpha value is -2.96. The molecule has 19 heavy (non-hydrogen) atoms. The van der Waals surface area contributed by atoms with Crippen molar-refractivity contribution >= 4 is 5.69 Å². The highest BCUT2D eigenvalue weighted by Gasteiger charge is 2.12. The van der Waals surface area contributed by atoms with E-state index in [1.807, 2.05) is 0 Å². The van der Waals surface area contributed by atoms with Crippen molar-refractivity contribution < 1.29 is 13.8 Å². The summed E-state index contributed by atoms with van der Waals surface area (Å²) in [6, 6.07) is 7.59. The van der Waals surface area contributed by atoms with Crippen molar-refractivity contribution in [2.24, 2.45) is 0 Å². The van der Waals surface area contributed by atoms with Crippen LogP contribution in [0.25, 0.3) is 22.9 Å². The molecular formula is C12H7N3O4. The van der Waals surface area contributed by atoms with E-state index in [9.17, 15) is 10.1 Å². The third-order valence-electron chi connectivity index (χ3n) is 2.52. The molecule has 1 aromatic carbocycles. The predicted octanol–water partition coefficient (Wildman–Crippen LogP) is 2.90. The first kappa shape index (κ1) is 11.1. The van der Waals surface area contributed by atoms with Crippen molar-refractivity contribution in [3.63, 3.8) is 0 Å². The molecule has 0 amide bonds. The fourth-order valence-electron chi connectivity index (χ4n) is 1.57. The molecule has 0 unspecified atom stereocenters. The van der Waals surface area contributed by atoms with Gasteiger partial charge in [0, 0.05) is 17.7 Å². The van der Waals surface area contributed by atoms with Gasteiger partial charge in [-0.2, -0.15) is 0 Å². The molecule has 3 rings (SSSR count). The van der Waals surface area contributed by atoms with Gasteiger partial charge in [0.15, 0.2) is 0 Å². The van der Waals surface area contributed by atoms with Crippen LogP contribution in [0.1, 0.15) is 0 Å². The summed E-state index contributed by atoms with van der Waals surface area (Å²) < 4.78 is 10.4. The summed E-state index contributed by atoms with van der Waals surface area (Å²) in [5.41, 5.74) is 1.31. The van der Waals surface area contributed by atoms with Crippen LogP contribution in [-0.2, 0) is 0 Å². The maximum Gasteiger partial charge on any atom is 0.269 e. The molecule has 0 atom stereocenters. The molecule has 0 radical (unpaired) electrons. The molecule has 0 fully saturated rings. The molecule has 0 N–H and O–H groups in total. The highest BCUT2D eigenvalue weighted by Crippen LogP contribution is 2.25. The monoisotopic (exact) mass is 257 g/mol. The standard InChI is InChI=1S/C12H7N3O4/c16-15(17)10-3-1-8(2-4-10)11-13-14-12(19-11)9-5-6-18-7-9/h1-7H. The van der Waals surface area contributed by atoms with Crippen molar-refractivity contribution in [1.82, 2.24) is 10.2 Å². The number of hydrogen-bond donors (Lipinski definition) is 0. The quantitative estimate of drug-likeness (QED) is 0.528. The zero-order valence-electron chi connectivity index (χ0n) is 9.52. The number of rotatable bonds is 3. The summed E-state index contributed by atoms with van der Waals surface area (Å²) in [5, 5.41) is 18.3. The van der Waals surface area contributed by atoms with E-state index in [1.54, 1.807) is 18.2 Å². The number of furan rings is 1. The van der Waals surface area contributed by atoms with E-state index in [-0.39, 0.29) is 5.69 Å². The minimum Gasteiger partial charge on any atom is -0.472 e. The first-order valence-corrected chi connectivity index (χ1v) is 5.35. The molecule has 7 nitrogen and oxygen atoms in total. The molecule has 7 heteroatoms. The number of aromatic nitrogens is 2. The van der Waals surface area contributed by atoms with Crippen LogP contribution in [0.15, 0.2) is 51.7 Å². The van der Waals surface area contributed by atoms with Crippen molar-refractivity contribution in [2.45, 2.75) is 0 Å². The van der Waals surface area contributed by atoms with Crippen LogP contribution < -0.4 is 0 Å². The number of hydrogen-bond acceptors (Lipinski definition) is 6. The second kappa shape index (κ2) is 4.37. The summed E-state index contributed by atoms with van der Waals surface area (Å²) in [5.74, 6) is 0.633. The van der Waals surface area contributed by atoms with E-state index in [0.29, 0.717) is 22.9 Å². The highest BCUT2D eigenvalue weighted by atomic mass is 16.6. The summed E-state index contributed by atoms with van der Waals surface area (Å²) in [6.45, 7) is 0. The molecule has 0 bridgehead atoms. The Labute approximate surface area is 106 Å². The van der Waals surface area contributed by atoms with Crippen LogP contribution in [0.4, 0.5) is 5.69 Å². The Bertz CT molecular complexity index is 701. The summed E-state index contributed by atoms with van der Waals surface area (Å²) in [7, 11) is 0. The topological polar surface area (TPSA) is 95.2 Å². The van der Waals surface area contributed by atoms with Gasteiger partial charge in [0.05, 0.1) is 16.7 Å². The average Bonchev–Trinajstić information content (AvgIpc) is 3.10. The summed E-state index contributed by atoms with van der Waals surface area (Å²) in [4.78, 5) is 10.1. The molecule has 0 aliphatic heterocycles. The number of nitrogens with zero attached hydrogens (tertiary/aromatic N) is 3. The number of nitro benzene ring substituents is 1. The Morgan fingerprint density at radius 3 is 2.26 bits per heavy atom. The Balaban J connectivity index is 1.92. The lowest BCUT2D eigenvalue weighted by Gasteiger charge is -1.94. The van der Waals surface area contributed by atoms with E-state index in [2.05, 4.69) is 10.2 Å². The zero-order valence-corrected chi connectivity index (χ0v) is 9.52. The normalized spacial score (nSPS) is 10.5. The molecule has 94 valence electrons. The molecule has 0 spiro atoms. The lowest BCUT2D eigenvalue weighted by molar-refractivity contribution is -0.384. The van der Waals surface area contributed by atoms with E-state index in [1.165, 1.54) is 24.7 Å². The fourth-order valence-corrected chi connectivity index (χ4v) is 1.57. The molecular weight excluding hydrogens is 250 g/mol. The number of nitro groups is 1. The van der Waals surface area contributed by atoms with Crippen molar-refractivity contribution in [2.75, 3.05) is 0 Å². The van der Waals surface area contributed by atoms with Crippen LogP contribution in [0, 0.1) is 10.1 Å². The minimum atomic E-state index is -0.464. The maximum atomic E-state index is 10.6. The van der Waals surface area contributed by atoms with Gasteiger partial charge in [0.2, 0.25) is 5.89 Å². The first-order valence-electron chi connectivity index (χ1n) is 5.35. The van der Waals surface area contributed by atoms with Gasteiger partial charge in [-0.25, -0.2) is 0 Å². The van der Waals surface area contributed by atoms with Gasteiger partial charge in [-0.15, -0.1) is 10.2 Å². The van der Waals surface area contributed by atoms with Crippen LogP contribution in [0.5, 0.6) is 0 Å². The van der Waals surface area contributed by atoms with E-state index < -0.39 is 4.92 Å². The van der Waals surface area contributed by atoms with Gasteiger partial charge in [-0.3, -0.25) is 10.1 Å². The van der Waals surface area contributed by atoms with E-state index in [4.69, 9.17) is 8.83 Å².